The second-order valence-corrected chi connectivity index (χ2v) is 3.85. The van der Waals surface area contributed by atoms with Gasteiger partial charge in [-0.1, -0.05) is 11.8 Å². The lowest BCUT2D eigenvalue weighted by molar-refractivity contribution is 0.0933. The Morgan fingerprint density at radius 1 is 1.44 bits per heavy atom. The Morgan fingerprint density at radius 3 is 3.12 bits per heavy atom. The van der Waals surface area contributed by atoms with E-state index >= 15 is 0 Å². The van der Waals surface area contributed by atoms with Gasteiger partial charge in [0.1, 0.15) is 5.75 Å². The summed E-state index contributed by atoms with van der Waals surface area (Å²) < 4.78 is 5.38. The van der Waals surface area contributed by atoms with Crippen LogP contribution in [-0.2, 0) is 0 Å². The first-order valence-electron chi connectivity index (χ1n) is 5.16. The highest BCUT2D eigenvalue weighted by Crippen LogP contribution is 2.25. The summed E-state index contributed by atoms with van der Waals surface area (Å²) in [6, 6.07) is 5.45. The molecule has 1 heterocycles. The van der Waals surface area contributed by atoms with Crippen LogP contribution in [0.4, 0.5) is 0 Å². The van der Waals surface area contributed by atoms with E-state index in [0.29, 0.717) is 36.6 Å². The molecule has 1 aliphatic heterocycles. The molecule has 1 aromatic carbocycles. The predicted octanol–water partition coefficient (Wildman–Crippen LogP) is 2.63. The largest absolute Gasteiger partial charge is 0.492 e. The standard InChI is InChI=1S/C13H11ClO2/c14-7-2-1-3-10-4-5-13-11(9-10)12(15)6-8-16-13/h4-5,9H,2,6-8H2. The fourth-order valence-electron chi connectivity index (χ4n) is 1.55. The van der Waals surface area contributed by atoms with Crippen LogP contribution in [0.25, 0.3) is 0 Å². The Kier molecular flexibility index (Phi) is 3.48. The zero-order valence-corrected chi connectivity index (χ0v) is 9.51. The molecule has 0 saturated heterocycles. The highest BCUT2D eigenvalue weighted by Gasteiger charge is 2.17. The monoisotopic (exact) mass is 234 g/mol. The van der Waals surface area contributed by atoms with Crippen molar-refractivity contribution in [2.24, 2.45) is 0 Å². The summed E-state index contributed by atoms with van der Waals surface area (Å²) in [6.07, 6.45) is 1.11. The van der Waals surface area contributed by atoms with E-state index in [9.17, 15) is 4.79 Å². The minimum absolute atomic E-state index is 0.127. The Bertz CT molecular complexity index is 469. The van der Waals surface area contributed by atoms with Gasteiger partial charge in [0.15, 0.2) is 5.78 Å². The van der Waals surface area contributed by atoms with E-state index in [0.717, 1.165) is 5.56 Å². The van der Waals surface area contributed by atoms with Crippen molar-refractivity contribution in [2.45, 2.75) is 12.8 Å². The zero-order valence-electron chi connectivity index (χ0n) is 8.75. The maximum absolute atomic E-state index is 11.6. The summed E-state index contributed by atoms with van der Waals surface area (Å²) in [4.78, 5) is 11.6. The molecular weight excluding hydrogens is 224 g/mol. The normalized spacial score (nSPS) is 13.4. The number of benzene rings is 1. The number of rotatable bonds is 1. The highest BCUT2D eigenvalue weighted by molar-refractivity contribution is 6.18. The molecule has 0 unspecified atom stereocenters. The second kappa shape index (κ2) is 5.05. The number of carbonyl (C=O) groups is 1. The number of fused-ring (bicyclic) bond motifs is 1. The molecule has 82 valence electrons. The van der Waals surface area contributed by atoms with E-state index in [1.165, 1.54) is 0 Å². The molecule has 0 saturated carbocycles. The molecule has 1 aliphatic rings. The van der Waals surface area contributed by atoms with Gasteiger partial charge in [0.05, 0.1) is 12.2 Å². The molecule has 0 spiro atoms. The van der Waals surface area contributed by atoms with E-state index in [2.05, 4.69) is 11.8 Å². The second-order valence-electron chi connectivity index (χ2n) is 3.47. The fourth-order valence-corrected chi connectivity index (χ4v) is 1.65. The van der Waals surface area contributed by atoms with Crippen LogP contribution in [0, 0.1) is 11.8 Å². The van der Waals surface area contributed by atoms with Gasteiger partial charge in [-0.25, -0.2) is 0 Å². The molecule has 0 aromatic heterocycles. The molecule has 0 N–H and O–H groups in total. The van der Waals surface area contributed by atoms with Gasteiger partial charge >= 0.3 is 0 Å². The van der Waals surface area contributed by atoms with Gasteiger partial charge in [-0.15, -0.1) is 11.6 Å². The van der Waals surface area contributed by atoms with Crippen LogP contribution in [0.2, 0.25) is 0 Å². The number of halogens is 1. The van der Waals surface area contributed by atoms with E-state index in [1.807, 2.05) is 6.07 Å². The Labute approximate surface area is 99.6 Å². The van der Waals surface area contributed by atoms with Crippen LogP contribution in [0.15, 0.2) is 18.2 Å². The molecule has 0 aliphatic carbocycles. The SMILES string of the molecule is O=C1CCOc2ccc(C#CCCCl)cc21. The third-order valence-electron chi connectivity index (χ3n) is 2.32. The van der Waals surface area contributed by atoms with Gasteiger partial charge in [0, 0.05) is 24.3 Å². The van der Waals surface area contributed by atoms with Crippen LogP contribution in [0.3, 0.4) is 0 Å². The van der Waals surface area contributed by atoms with Crippen molar-refractivity contribution in [1.29, 1.82) is 0 Å². The smallest absolute Gasteiger partial charge is 0.170 e. The summed E-state index contributed by atoms with van der Waals surface area (Å²) in [7, 11) is 0. The number of ketones is 1. The molecular formula is C13H11ClO2. The Hall–Kier alpha value is -1.46. The lowest BCUT2D eigenvalue weighted by Gasteiger charge is -2.15. The number of hydrogen-bond acceptors (Lipinski definition) is 2. The summed E-state index contributed by atoms with van der Waals surface area (Å²) >= 11 is 5.53. The lowest BCUT2D eigenvalue weighted by Crippen LogP contribution is -2.15. The minimum atomic E-state index is 0.127. The van der Waals surface area contributed by atoms with Gasteiger partial charge in [0.25, 0.3) is 0 Å². The summed E-state index contributed by atoms with van der Waals surface area (Å²) in [5.41, 5.74) is 1.48. The van der Waals surface area contributed by atoms with Crippen LogP contribution in [-0.4, -0.2) is 18.3 Å². The first kappa shape index (κ1) is 11.0. The molecule has 0 radical (unpaired) electrons. The molecule has 0 fully saturated rings. The fraction of sp³-hybridized carbons (Fsp3) is 0.308. The van der Waals surface area contributed by atoms with Gasteiger partial charge in [-0.2, -0.15) is 0 Å². The molecule has 2 rings (SSSR count). The summed E-state index contributed by atoms with van der Waals surface area (Å²) in [6.45, 7) is 0.475. The van der Waals surface area contributed by atoms with Crippen molar-refractivity contribution >= 4 is 17.4 Å². The Morgan fingerprint density at radius 2 is 2.31 bits per heavy atom. The quantitative estimate of drug-likeness (QED) is 0.552. The van der Waals surface area contributed by atoms with E-state index in [-0.39, 0.29) is 5.78 Å². The van der Waals surface area contributed by atoms with Gasteiger partial charge in [0.2, 0.25) is 0 Å². The van der Waals surface area contributed by atoms with E-state index < -0.39 is 0 Å². The number of alkyl halides is 1. The van der Waals surface area contributed by atoms with E-state index in [1.54, 1.807) is 12.1 Å². The molecule has 1 aromatic rings. The van der Waals surface area contributed by atoms with Crippen molar-refractivity contribution in [1.82, 2.24) is 0 Å². The van der Waals surface area contributed by atoms with Crippen molar-refractivity contribution in [3.63, 3.8) is 0 Å². The molecule has 0 atom stereocenters. The molecule has 0 bridgehead atoms. The van der Waals surface area contributed by atoms with E-state index in [4.69, 9.17) is 16.3 Å². The molecule has 2 nitrogen and oxygen atoms in total. The topological polar surface area (TPSA) is 26.3 Å². The number of ether oxygens (including phenoxy) is 1. The summed E-state index contributed by atoms with van der Waals surface area (Å²) in [5.74, 6) is 7.23. The maximum atomic E-state index is 11.6. The third kappa shape index (κ3) is 2.37. The van der Waals surface area contributed by atoms with Crippen LogP contribution in [0.1, 0.15) is 28.8 Å². The predicted molar refractivity (Wildman–Crippen MR) is 63.1 cm³/mol. The van der Waals surface area contributed by atoms with Crippen molar-refractivity contribution in [2.75, 3.05) is 12.5 Å². The van der Waals surface area contributed by atoms with Crippen LogP contribution < -0.4 is 4.74 Å². The number of carbonyl (C=O) groups excluding carboxylic acids is 1. The minimum Gasteiger partial charge on any atom is -0.492 e. The number of hydrogen-bond donors (Lipinski definition) is 0. The van der Waals surface area contributed by atoms with Crippen molar-refractivity contribution < 1.29 is 9.53 Å². The van der Waals surface area contributed by atoms with Gasteiger partial charge in [-0.05, 0) is 18.2 Å². The average molecular weight is 235 g/mol. The van der Waals surface area contributed by atoms with Gasteiger partial charge < -0.3 is 4.74 Å². The first-order valence-corrected chi connectivity index (χ1v) is 5.69. The van der Waals surface area contributed by atoms with Crippen LogP contribution >= 0.6 is 11.6 Å². The summed E-state index contributed by atoms with van der Waals surface area (Å²) in [5, 5.41) is 0. The van der Waals surface area contributed by atoms with Crippen molar-refractivity contribution in [3.05, 3.63) is 29.3 Å². The maximum Gasteiger partial charge on any atom is 0.170 e. The molecule has 16 heavy (non-hydrogen) atoms. The lowest BCUT2D eigenvalue weighted by atomic mass is 10.0. The number of Topliss-reactive ketones (excluding diaryl/α,β-unsaturated/α-hetero) is 1. The Balaban J connectivity index is 2.28. The molecule has 3 heteroatoms. The molecule has 0 amide bonds. The van der Waals surface area contributed by atoms with Crippen molar-refractivity contribution in [3.8, 4) is 17.6 Å². The zero-order chi connectivity index (χ0) is 11.4. The van der Waals surface area contributed by atoms with Crippen LogP contribution in [0.5, 0.6) is 5.75 Å². The average Bonchev–Trinajstić information content (AvgIpc) is 2.30. The highest BCUT2D eigenvalue weighted by atomic mass is 35.5. The van der Waals surface area contributed by atoms with Gasteiger partial charge in [-0.3, -0.25) is 4.79 Å². The first-order chi connectivity index (χ1) is 7.81. The third-order valence-corrected chi connectivity index (χ3v) is 2.51.